The average molecular weight is 357 g/mol. The lowest BCUT2D eigenvalue weighted by atomic mass is 9.82. The molecule has 0 radical (unpaired) electrons. The van der Waals surface area contributed by atoms with E-state index in [1.165, 1.54) is 0 Å². The standard InChI is InChI=1S/C21H28FN3O/c1-6-21(5,7-2)18-9-11-25(23-18)17-8-10-24(20(17)26)16-12-14(3)19(22)15(4)13-16/h9,11-13,17H,6-8,10H2,1-5H3. The number of amides is 1. The summed E-state index contributed by atoms with van der Waals surface area (Å²) in [5.74, 6) is -0.174. The van der Waals surface area contributed by atoms with E-state index in [4.69, 9.17) is 5.10 Å². The number of hydrogen-bond donors (Lipinski definition) is 0. The Morgan fingerprint density at radius 3 is 2.42 bits per heavy atom. The van der Waals surface area contributed by atoms with E-state index in [2.05, 4.69) is 20.8 Å². The quantitative estimate of drug-likeness (QED) is 0.778. The van der Waals surface area contributed by atoms with Crippen LogP contribution in [-0.4, -0.2) is 22.2 Å². The first-order chi connectivity index (χ1) is 12.3. The normalized spacial score (nSPS) is 18.0. The molecule has 1 amide bonds. The predicted octanol–water partition coefficient (Wildman–Crippen LogP) is 4.69. The van der Waals surface area contributed by atoms with Gasteiger partial charge in [0.05, 0.1) is 5.69 Å². The minimum atomic E-state index is -0.285. The molecule has 4 nitrogen and oxygen atoms in total. The number of benzene rings is 1. The van der Waals surface area contributed by atoms with E-state index in [1.54, 1.807) is 30.9 Å². The van der Waals surface area contributed by atoms with Crippen molar-refractivity contribution in [2.75, 3.05) is 11.4 Å². The second-order valence-corrected chi connectivity index (χ2v) is 7.64. The Morgan fingerprint density at radius 1 is 1.23 bits per heavy atom. The summed E-state index contributed by atoms with van der Waals surface area (Å²) in [6, 6.07) is 5.26. The van der Waals surface area contributed by atoms with Gasteiger partial charge in [0.25, 0.3) is 5.91 Å². The monoisotopic (exact) mass is 357 g/mol. The van der Waals surface area contributed by atoms with Crippen LogP contribution in [0.2, 0.25) is 0 Å². The van der Waals surface area contributed by atoms with Crippen LogP contribution in [-0.2, 0) is 10.2 Å². The molecule has 2 heterocycles. The van der Waals surface area contributed by atoms with E-state index in [0.29, 0.717) is 24.1 Å². The average Bonchev–Trinajstić information content (AvgIpc) is 3.25. The summed E-state index contributed by atoms with van der Waals surface area (Å²) in [6.45, 7) is 10.7. The van der Waals surface area contributed by atoms with Gasteiger partial charge < -0.3 is 4.90 Å². The summed E-state index contributed by atoms with van der Waals surface area (Å²) in [7, 11) is 0. The van der Waals surface area contributed by atoms with Gasteiger partial charge >= 0.3 is 0 Å². The number of carbonyl (C=O) groups is 1. The molecule has 1 fully saturated rings. The van der Waals surface area contributed by atoms with Gasteiger partial charge in [-0.15, -0.1) is 0 Å². The van der Waals surface area contributed by atoms with Crippen LogP contribution in [0.3, 0.4) is 0 Å². The fourth-order valence-corrected chi connectivity index (χ4v) is 3.69. The molecule has 0 aliphatic carbocycles. The zero-order chi connectivity index (χ0) is 19.1. The Hall–Kier alpha value is -2.17. The van der Waals surface area contributed by atoms with E-state index in [0.717, 1.165) is 24.2 Å². The zero-order valence-corrected chi connectivity index (χ0v) is 16.3. The molecule has 0 spiro atoms. The maximum absolute atomic E-state index is 13.9. The summed E-state index contributed by atoms with van der Waals surface area (Å²) >= 11 is 0. The molecule has 1 atom stereocenters. The van der Waals surface area contributed by atoms with Crippen molar-refractivity contribution in [1.29, 1.82) is 0 Å². The van der Waals surface area contributed by atoms with Crippen LogP contribution >= 0.6 is 0 Å². The molecule has 2 aromatic rings. The Morgan fingerprint density at radius 2 is 1.85 bits per heavy atom. The minimum absolute atomic E-state index is 0.0276. The van der Waals surface area contributed by atoms with Crippen LogP contribution in [0.5, 0.6) is 0 Å². The van der Waals surface area contributed by atoms with Gasteiger partial charge in [-0.25, -0.2) is 4.39 Å². The second-order valence-electron chi connectivity index (χ2n) is 7.64. The maximum Gasteiger partial charge on any atom is 0.251 e. The first-order valence-corrected chi connectivity index (χ1v) is 9.44. The number of halogens is 1. The van der Waals surface area contributed by atoms with Gasteiger partial charge in [0.2, 0.25) is 0 Å². The predicted molar refractivity (Wildman–Crippen MR) is 102 cm³/mol. The van der Waals surface area contributed by atoms with Crippen molar-refractivity contribution >= 4 is 11.6 Å². The number of nitrogens with zero attached hydrogens (tertiary/aromatic N) is 3. The third kappa shape index (κ3) is 3.04. The fourth-order valence-electron chi connectivity index (χ4n) is 3.69. The third-order valence-electron chi connectivity index (χ3n) is 6.02. The minimum Gasteiger partial charge on any atom is -0.310 e. The SMILES string of the molecule is CCC(C)(CC)c1ccn(C2CCN(c3cc(C)c(F)c(C)c3)C2=O)n1. The lowest BCUT2D eigenvalue weighted by Gasteiger charge is -2.24. The topological polar surface area (TPSA) is 38.1 Å². The highest BCUT2D eigenvalue weighted by Crippen LogP contribution is 2.33. The Labute approximate surface area is 155 Å². The number of anilines is 1. The van der Waals surface area contributed by atoms with Crippen molar-refractivity contribution in [2.45, 2.75) is 65.3 Å². The molecule has 1 unspecified atom stereocenters. The van der Waals surface area contributed by atoms with Crippen molar-refractivity contribution in [3.05, 3.63) is 47.0 Å². The highest BCUT2D eigenvalue weighted by molar-refractivity contribution is 5.98. The molecule has 0 N–H and O–H groups in total. The van der Waals surface area contributed by atoms with E-state index in [9.17, 15) is 9.18 Å². The maximum atomic E-state index is 13.9. The van der Waals surface area contributed by atoms with Crippen molar-refractivity contribution in [3.63, 3.8) is 0 Å². The van der Waals surface area contributed by atoms with Crippen LogP contribution in [0.25, 0.3) is 0 Å². The molecule has 1 aliphatic heterocycles. The summed E-state index contributed by atoms with van der Waals surface area (Å²) in [6.07, 6.45) is 4.66. The highest BCUT2D eigenvalue weighted by Gasteiger charge is 2.35. The smallest absolute Gasteiger partial charge is 0.251 e. The van der Waals surface area contributed by atoms with Gasteiger partial charge in [-0.1, -0.05) is 20.8 Å². The van der Waals surface area contributed by atoms with Crippen molar-refractivity contribution in [1.82, 2.24) is 9.78 Å². The second kappa shape index (κ2) is 6.86. The van der Waals surface area contributed by atoms with E-state index in [-0.39, 0.29) is 23.2 Å². The molecule has 0 bridgehead atoms. The van der Waals surface area contributed by atoms with Gasteiger partial charge in [0, 0.05) is 23.8 Å². The summed E-state index contributed by atoms with van der Waals surface area (Å²) < 4.78 is 15.7. The molecular weight excluding hydrogens is 329 g/mol. The number of rotatable bonds is 5. The first kappa shape index (κ1) is 18.6. The number of aryl methyl sites for hydroxylation is 2. The molecule has 0 saturated carbocycles. The van der Waals surface area contributed by atoms with E-state index < -0.39 is 0 Å². The molecule has 1 aliphatic rings. The van der Waals surface area contributed by atoms with Crippen LogP contribution in [0.4, 0.5) is 10.1 Å². The summed E-state index contributed by atoms with van der Waals surface area (Å²) in [4.78, 5) is 14.7. The molecule has 5 heteroatoms. The molecule has 3 rings (SSSR count). The van der Waals surface area contributed by atoms with Gasteiger partial charge in [-0.2, -0.15) is 5.10 Å². The molecule has 1 saturated heterocycles. The van der Waals surface area contributed by atoms with E-state index >= 15 is 0 Å². The lowest BCUT2D eigenvalue weighted by molar-refractivity contribution is -0.120. The molecule has 26 heavy (non-hydrogen) atoms. The lowest BCUT2D eigenvalue weighted by Crippen LogP contribution is -2.29. The Balaban J connectivity index is 1.85. The van der Waals surface area contributed by atoms with Gasteiger partial charge in [0.15, 0.2) is 0 Å². The van der Waals surface area contributed by atoms with Crippen LogP contribution in [0.1, 0.15) is 62.9 Å². The highest BCUT2D eigenvalue weighted by atomic mass is 19.1. The van der Waals surface area contributed by atoms with Crippen molar-refractivity contribution in [2.24, 2.45) is 0 Å². The van der Waals surface area contributed by atoms with Crippen LogP contribution < -0.4 is 4.90 Å². The number of carbonyl (C=O) groups excluding carboxylic acids is 1. The largest absolute Gasteiger partial charge is 0.310 e. The van der Waals surface area contributed by atoms with Crippen LogP contribution in [0.15, 0.2) is 24.4 Å². The van der Waals surface area contributed by atoms with Crippen LogP contribution in [0, 0.1) is 19.7 Å². The molecule has 1 aromatic carbocycles. The fraction of sp³-hybridized carbons (Fsp3) is 0.524. The van der Waals surface area contributed by atoms with Gasteiger partial charge in [-0.3, -0.25) is 9.48 Å². The number of hydrogen-bond acceptors (Lipinski definition) is 2. The van der Waals surface area contributed by atoms with E-state index in [1.807, 2.05) is 16.9 Å². The first-order valence-electron chi connectivity index (χ1n) is 9.44. The zero-order valence-electron chi connectivity index (χ0n) is 16.3. The van der Waals surface area contributed by atoms with Crippen molar-refractivity contribution in [3.8, 4) is 0 Å². The molecular formula is C21H28FN3O. The van der Waals surface area contributed by atoms with Crippen molar-refractivity contribution < 1.29 is 9.18 Å². The Kier molecular flexibility index (Phi) is 4.91. The van der Waals surface area contributed by atoms with Gasteiger partial charge in [0.1, 0.15) is 11.9 Å². The number of aromatic nitrogens is 2. The molecule has 1 aromatic heterocycles. The third-order valence-corrected chi connectivity index (χ3v) is 6.02. The molecule has 140 valence electrons. The summed E-state index contributed by atoms with van der Waals surface area (Å²) in [5.41, 5.74) is 2.99. The summed E-state index contributed by atoms with van der Waals surface area (Å²) in [5, 5.41) is 4.74. The Bertz CT molecular complexity index is 799. The van der Waals surface area contributed by atoms with Gasteiger partial charge in [-0.05, 0) is 62.4 Å².